The Balaban J connectivity index is 1.93. The van der Waals surface area contributed by atoms with E-state index in [4.69, 9.17) is 10.5 Å². The highest BCUT2D eigenvalue weighted by molar-refractivity contribution is 5.73. The number of hydrogen-bond donors (Lipinski definition) is 1. The number of nitrogens with two attached hydrogens (primary N) is 1. The second-order valence-corrected chi connectivity index (χ2v) is 5.08. The summed E-state index contributed by atoms with van der Waals surface area (Å²) in [6.07, 6.45) is 4.04. The summed E-state index contributed by atoms with van der Waals surface area (Å²) in [6.45, 7) is 1.73. The molecule has 1 fully saturated rings. The third-order valence-corrected chi connectivity index (χ3v) is 3.87. The van der Waals surface area contributed by atoms with Crippen molar-refractivity contribution in [1.29, 1.82) is 0 Å². The maximum Gasteiger partial charge on any atom is 0.129 e. The molecule has 0 saturated carbocycles. The maximum atomic E-state index is 6.04. The molecular weight excluding hydrogens is 238 g/mol. The number of nitrogens with zero attached hydrogens (tertiary/aromatic N) is 2. The van der Waals surface area contributed by atoms with E-state index in [9.17, 15) is 0 Å². The summed E-state index contributed by atoms with van der Waals surface area (Å²) in [5.74, 6) is 1.32. The van der Waals surface area contributed by atoms with Crippen LogP contribution >= 0.6 is 0 Å². The minimum absolute atomic E-state index is 0.603. The summed E-state index contributed by atoms with van der Waals surface area (Å²) in [7, 11) is 1.86. The number of benzene rings is 1. The van der Waals surface area contributed by atoms with E-state index in [1.54, 1.807) is 4.68 Å². The van der Waals surface area contributed by atoms with Gasteiger partial charge in [-0.3, -0.25) is 4.68 Å². The molecule has 4 heteroatoms. The van der Waals surface area contributed by atoms with Crippen LogP contribution in [-0.2, 0) is 11.8 Å². The highest BCUT2D eigenvalue weighted by Crippen LogP contribution is 2.31. The van der Waals surface area contributed by atoms with Crippen molar-refractivity contribution in [3.8, 4) is 11.1 Å². The van der Waals surface area contributed by atoms with Crippen molar-refractivity contribution in [3.05, 3.63) is 36.0 Å². The monoisotopic (exact) mass is 257 g/mol. The number of aromatic nitrogens is 2. The molecule has 3 rings (SSSR count). The number of rotatable bonds is 2. The van der Waals surface area contributed by atoms with E-state index in [-0.39, 0.29) is 0 Å². The van der Waals surface area contributed by atoms with Gasteiger partial charge < -0.3 is 10.5 Å². The van der Waals surface area contributed by atoms with Gasteiger partial charge in [-0.1, -0.05) is 24.3 Å². The van der Waals surface area contributed by atoms with Crippen molar-refractivity contribution in [2.45, 2.75) is 18.8 Å². The molecule has 0 radical (unpaired) electrons. The first-order valence-electron chi connectivity index (χ1n) is 6.71. The predicted molar refractivity (Wildman–Crippen MR) is 75.9 cm³/mol. The van der Waals surface area contributed by atoms with Crippen LogP contribution in [0.5, 0.6) is 0 Å². The summed E-state index contributed by atoms with van der Waals surface area (Å²) in [5.41, 5.74) is 9.58. The highest BCUT2D eigenvalue weighted by Gasteiger charge is 2.17. The van der Waals surface area contributed by atoms with Crippen molar-refractivity contribution in [2.75, 3.05) is 18.9 Å². The Morgan fingerprint density at radius 1 is 1.32 bits per heavy atom. The topological polar surface area (TPSA) is 53.1 Å². The first kappa shape index (κ1) is 12.2. The van der Waals surface area contributed by atoms with E-state index in [1.165, 1.54) is 5.56 Å². The summed E-state index contributed by atoms with van der Waals surface area (Å²) in [6, 6.07) is 8.64. The van der Waals surface area contributed by atoms with Gasteiger partial charge in [-0.15, -0.1) is 0 Å². The van der Waals surface area contributed by atoms with Crippen molar-refractivity contribution in [3.63, 3.8) is 0 Å². The molecule has 2 heterocycles. The molecule has 1 saturated heterocycles. The van der Waals surface area contributed by atoms with Gasteiger partial charge in [0.2, 0.25) is 0 Å². The lowest BCUT2D eigenvalue weighted by molar-refractivity contribution is 0.0853. The smallest absolute Gasteiger partial charge is 0.129 e. The van der Waals surface area contributed by atoms with Gasteiger partial charge in [-0.2, -0.15) is 5.10 Å². The molecule has 1 aliphatic rings. The van der Waals surface area contributed by atoms with E-state index in [1.807, 2.05) is 13.2 Å². The lowest BCUT2D eigenvalue weighted by Crippen LogP contribution is -2.14. The Labute approximate surface area is 113 Å². The van der Waals surface area contributed by atoms with Crippen LogP contribution < -0.4 is 5.73 Å². The van der Waals surface area contributed by atoms with E-state index in [0.29, 0.717) is 11.7 Å². The highest BCUT2D eigenvalue weighted by atomic mass is 16.5. The first-order valence-corrected chi connectivity index (χ1v) is 6.71. The van der Waals surface area contributed by atoms with Gasteiger partial charge in [0.25, 0.3) is 0 Å². The molecule has 4 nitrogen and oxygen atoms in total. The molecule has 0 spiro atoms. The van der Waals surface area contributed by atoms with E-state index in [2.05, 4.69) is 29.4 Å². The lowest BCUT2D eigenvalue weighted by Gasteiger charge is -2.22. The molecule has 2 aromatic rings. The van der Waals surface area contributed by atoms with Gasteiger partial charge in [0.1, 0.15) is 5.82 Å². The molecule has 0 atom stereocenters. The molecule has 1 aromatic carbocycles. The molecule has 0 bridgehead atoms. The SMILES string of the molecule is Cn1ncc(-c2cccc(C3CCOCC3)c2)c1N. The Morgan fingerprint density at radius 3 is 2.79 bits per heavy atom. The standard InChI is InChI=1S/C15H19N3O/c1-18-15(16)14(10-17-18)13-4-2-3-12(9-13)11-5-7-19-8-6-11/h2-4,9-11H,5-8,16H2,1H3. The number of anilines is 1. The Bertz CT molecular complexity index is 571. The zero-order valence-corrected chi connectivity index (χ0v) is 11.2. The normalized spacial score (nSPS) is 16.7. The number of hydrogen-bond acceptors (Lipinski definition) is 3. The lowest BCUT2D eigenvalue weighted by atomic mass is 9.90. The van der Waals surface area contributed by atoms with Crippen molar-refractivity contribution in [1.82, 2.24) is 9.78 Å². The van der Waals surface area contributed by atoms with Gasteiger partial charge in [-0.05, 0) is 29.9 Å². The molecule has 2 N–H and O–H groups in total. The van der Waals surface area contributed by atoms with Crippen LogP contribution in [0.15, 0.2) is 30.5 Å². The quantitative estimate of drug-likeness (QED) is 0.899. The molecule has 0 aliphatic carbocycles. The van der Waals surface area contributed by atoms with Gasteiger partial charge >= 0.3 is 0 Å². The Morgan fingerprint density at radius 2 is 2.11 bits per heavy atom. The molecular formula is C15H19N3O. The molecule has 1 aromatic heterocycles. The predicted octanol–water partition coefficient (Wildman–Crippen LogP) is 2.56. The average molecular weight is 257 g/mol. The minimum Gasteiger partial charge on any atom is -0.383 e. The third kappa shape index (κ3) is 2.36. The number of nitrogen functional groups attached to an aromatic ring is 1. The van der Waals surface area contributed by atoms with Gasteiger partial charge in [0.15, 0.2) is 0 Å². The van der Waals surface area contributed by atoms with Gasteiger partial charge in [0.05, 0.1) is 6.20 Å². The Kier molecular flexibility index (Phi) is 3.25. The molecule has 1 aliphatic heterocycles. The fraction of sp³-hybridized carbons (Fsp3) is 0.400. The molecule has 0 unspecified atom stereocenters. The van der Waals surface area contributed by atoms with E-state index >= 15 is 0 Å². The summed E-state index contributed by atoms with van der Waals surface area (Å²) < 4.78 is 7.13. The average Bonchev–Trinajstić information content (AvgIpc) is 2.80. The third-order valence-electron chi connectivity index (χ3n) is 3.87. The van der Waals surface area contributed by atoms with Crippen molar-refractivity contribution >= 4 is 5.82 Å². The van der Waals surface area contributed by atoms with Crippen LogP contribution in [0.2, 0.25) is 0 Å². The summed E-state index contributed by atoms with van der Waals surface area (Å²) in [4.78, 5) is 0. The molecule has 100 valence electrons. The maximum absolute atomic E-state index is 6.04. The largest absolute Gasteiger partial charge is 0.383 e. The molecule has 0 amide bonds. The zero-order valence-electron chi connectivity index (χ0n) is 11.2. The van der Waals surface area contributed by atoms with Crippen molar-refractivity contribution < 1.29 is 4.74 Å². The van der Waals surface area contributed by atoms with Crippen LogP contribution in [0, 0.1) is 0 Å². The number of ether oxygens (including phenoxy) is 1. The zero-order chi connectivity index (χ0) is 13.2. The van der Waals surface area contributed by atoms with E-state index < -0.39 is 0 Å². The van der Waals surface area contributed by atoms with Crippen LogP contribution in [0.1, 0.15) is 24.3 Å². The fourth-order valence-corrected chi connectivity index (χ4v) is 2.66. The Hall–Kier alpha value is -1.81. The van der Waals surface area contributed by atoms with Crippen LogP contribution in [-0.4, -0.2) is 23.0 Å². The summed E-state index contributed by atoms with van der Waals surface area (Å²) in [5, 5.41) is 4.21. The molecule has 19 heavy (non-hydrogen) atoms. The minimum atomic E-state index is 0.603. The van der Waals surface area contributed by atoms with Gasteiger partial charge in [0, 0.05) is 25.8 Å². The van der Waals surface area contributed by atoms with Gasteiger partial charge in [-0.25, -0.2) is 0 Å². The summed E-state index contributed by atoms with van der Waals surface area (Å²) >= 11 is 0. The van der Waals surface area contributed by atoms with Crippen LogP contribution in [0.3, 0.4) is 0 Å². The first-order chi connectivity index (χ1) is 9.25. The second-order valence-electron chi connectivity index (χ2n) is 5.08. The van der Waals surface area contributed by atoms with Crippen LogP contribution in [0.25, 0.3) is 11.1 Å². The number of aryl methyl sites for hydroxylation is 1. The fourth-order valence-electron chi connectivity index (χ4n) is 2.66. The van der Waals surface area contributed by atoms with Crippen LogP contribution in [0.4, 0.5) is 5.82 Å². The van der Waals surface area contributed by atoms with Crippen molar-refractivity contribution in [2.24, 2.45) is 7.05 Å². The van der Waals surface area contributed by atoms with E-state index in [0.717, 1.165) is 37.2 Å². The second kappa shape index (κ2) is 5.05.